The minimum Gasteiger partial charge on any atom is -0.435 e. The molecule has 0 aliphatic rings. The number of halogens is 2. The van der Waals surface area contributed by atoms with Crippen molar-refractivity contribution in [3.8, 4) is 17.3 Å². The second kappa shape index (κ2) is 7.72. The number of benzene rings is 1. The molecule has 0 atom stereocenters. The maximum atomic E-state index is 12.0. The molecule has 0 fully saturated rings. The van der Waals surface area contributed by atoms with E-state index in [1.807, 2.05) is 13.8 Å². The van der Waals surface area contributed by atoms with Gasteiger partial charge in [0, 0.05) is 11.6 Å². The second-order valence-electron chi connectivity index (χ2n) is 6.04. The van der Waals surface area contributed by atoms with Crippen LogP contribution in [0.1, 0.15) is 25.3 Å². The first-order valence-electron chi connectivity index (χ1n) is 7.93. The van der Waals surface area contributed by atoms with E-state index in [4.69, 9.17) is 10.5 Å². The van der Waals surface area contributed by atoms with E-state index in [0.29, 0.717) is 25.9 Å². The Morgan fingerprint density at radius 2 is 1.75 bits per heavy atom. The van der Waals surface area contributed by atoms with Crippen molar-refractivity contribution in [3.63, 3.8) is 0 Å². The van der Waals surface area contributed by atoms with Gasteiger partial charge in [-0.3, -0.25) is 14.6 Å². The van der Waals surface area contributed by atoms with E-state index >= 15 is 0 Å². The van der Waals surface area contributed by atoms with Crippen LogP contribution in [0.15, 0.2) is 41.5 Å². The van der Waals surface area contributed by atoms with Crippen molar-refractivity contribution in [2.45, 2.75) is 19.8 Å². The number of aromatic nitrogens is 5. The van der Waals surface area contributed by atoms with Crippen molar-refractivity contribution in [3.05, 3.63) is 63.9 Å². The molecule has 4 N–H and O–H groups in total. The summed E-state index contributed by atoms with van der Waals surface area (Å²) in [5.74, 6) is 0.210. The first-order valence-corrected chi connectivity index (χ1v) is 9.52. The predicted molar refractivity (Wildman–Crippen MR) is 109 cm³/mol. The molecule has 1 aromatic carbocycles. The second-order valence-corrected chi connectivity index (χ2v) is 7.75. The van der Waals surface area contributed by atoms with Crippen LogP contribution in [0.2, 0.25) is 0 Å². The lowest BCUT2D eigenvalue weighted by Crippen LogP contribution is -2.33. The van der Waals surface area contributed by atoms with Crippen LogP contribution in [0.3, 0.4) is 0 Å². The number of aromatic amines is 2. The van der Waals surface area contributed by atoms with Crippen molar-refractivity contribution >= 4 is 37.7 Å². The Morgan fingerprint density at radius 1 is 1.11 bits per heavy atom. The summed E-state index contributed by atoms with van der Waals surface area (Å²) in [5.41, 5.74) is 4.57. The molecular weight excluding hydrogens is 500 g/mol. The molecule has 3 aromatic rings. The van der Waals surface area contributed by atoms with Crippen LogP contribution >= 0.6 is 31.9 Å². The normalized spacial score (nSPS) is 11.0. The van der Waals surface area contributed by atoms with Gasteiger partial charge in [0.05, 0.1) is 14.6 Å². The molecule has 3 rings (SSSR count). The van der Waals surface area contributed by atoms with Gasteiger partial charge in [0.25, 0.3) is 11.1 Å². The number of rotatable bonds is 4. The number of ether oxygens (including phenoxy) is 1. The third kappa shape index (κ3) is 3.92. The fraction of sp³-hybridized carbons (Fsp3) is 0.188. The molecule has 0 radical (unpaired) electrons. The van der Waals surface area contributed by atoms with Crippen LogP contribution in [0.5, 0.6) is 11.6 Å². The highest BCUT2D eigenvalue weighted by atomic mass is 79.9. The van der Waals surface area contributed by atoms with E-state index in [2.05, 4.69) is 52.1 Å². The van der Waals surface area contributed by atoms with E-state index < -0.39 is 11.2 Å². The molecule has 0 unspecified atom stereocenters. The molecule has 0 aliphatic heterocycles. The van der Waals surface area contributed by atoms with E-state index in [9.17, 15) is 14.4 Å². The van der Waals surface area contributed by atoms with Crippen molar-refractivity contribution in [1.29, 1.82) is 0 Å². The van der Waals surface area contributed by atoms with E-state index in [0.717, 1.165) is 4.68 Å². The molecular formula is C16H14Br2N6O4. The fourth-order valence-electron chi connectivity index (χ4n) is 2.34. The molecule has 28 heavy (non-hydrogen) atoms. The topological polar surface area (TPSA) is 149 Å². The SMILES string of the molecule is CC(C)c1cc(Oc2c(Br)cc(-n3nc(N)c(=O)[nH]c3=O)cc2Br)n[nH]c1=O. The van der Waals surface area contributed by atoms with Gasteiger partial charge in [0.1, 0.15) is 0 Å². The number of hydrogen-bond acceptors (Lipinski definition) is 7. The summed E-state index contributed by atoms with van der Waals surface area (Å²) in [6, 6.07) is 4.67. The first kappa shape index (κ1) is 20.0. The summed E-state index contributed by atoms with van der Waals surface area (Å²) >= 11 is 6.74. The Balaban J connectivity index is 2.03. The highest BCUT2D eigenvalue weighted by Gasteiger charge is 2.16. The molecule has 0 amide bonds. The Labute approximate surface area is 174 Å². The van der Waals surface area contributed by atoms with Gasteiger partial charge >= 0.3 is 5.69 Å². The van der Waals surface area contributed by atoms with Crippen molar-refractivity contribution in [1.82, 2.24) is 25.0 Å². The minimum atomic E-state index is -0.760. The van der Waals surface area contributed by atoms with Gasteiger partial charge in [0.2, 0.25) is 11.7 Å². The summed E-state index contributed by atoms with van der Waals surface area (Å²) in [7, 11) is 0. The van der Waals surface area contributed by atoms with Crippen LogP contribution in [-0.4, -0.2) is 25.0 Å². The standard InChI is InChI=1S/C16H14Br2N6O4/c1-6(2)8-5-11(21-22-14(8)25)28-12-9(17)3-7(4-10(12)18)24-16(27)20-15(26)13(19)23-24/h3-6H,1-2H3,(H2,19,23)(H,22,25)(H,20,26,27). The highest BCUT2D eigenvalue weighted by Crippen LogP contribution is 2.38. The number of H-pyrrole nitrogens is 2. The van der Waals surface area contributed by atoms with Gasteiger partial charge in [-0.2, -0.15) is 4.68 Å². The Morgan fingerprint density at radius 3 is 2.36 bits per heavy atom. The molecule has 12 heteroatoms. The van der Waals surface area contributed by atoms with Crippen LogP contribution in [-0.2, 0) is 0 Å². The van der Waals surface area contributed by atoms with Crippen LogP contribution < -0.4 is 27.3 Å². The van der Waals surface area contributed by atoms with Gasteiger partial charge in [-0.05, 0) is 49.9 Å². The van der Waals surface area contributed by atoms with Gasteiger partial charge in [0.15, 0.2) is 5.75 Å². The Kier molecular flexibility index (Phi) is 5.52. The maximum absolute atomic E-state index is 12.0. The van der Waals surface area contributed by atoms with Gasteiger partial charge in [-0.25, -0.2) is 9.89 Å². The number of hydrogen-bond donors (Lipinski definition) is 3. The third-order valence-corrected chi connectivity index (χ3v) is 4.90. The summed E-state index contributed by atoms with van der Waals surface area (Å²) in [6.45, 7) is 3.77. The smallest absolute Gasteiger partial charge is 0.349 e. The zero-order valence-electron chi connectivity index (χ0n) is 14.6. The lowest BCUT2D eigenvalue weighted by atomic mass is 10.1. The van der Waals surface area contributed by atoms with E-state index in [-0.39, 0.29) is 23.2 Å². The molecule has 146 valence electrons. The Bertz CT molecular complexity index is 1210. The van der Waals surface area contributed by atoms with Crippen LogP contribution in [0.25, 0.3) is 5.69 Å². The summed E-state index contributed by atoms with van der Waals surface area (Å²) in [6.07, 6.45) is 0. The molecule has 2 heterocycles. The monoisotopic (exact) mass is 512 g/mol. The molecule has 0 spiro atoms. The lowest BCUT2D eigenvalue weighted by Gasteiger charge is -2.13. The fourth-order valence-corrected chi connectivity index (χ4v) is 3.67. The Hall–Kier alpha value is -2.73. The summed E-state index contributed by atoms with van der Waals surface area (Å²) < 4.78 is 7.67. The van der Waals surface area contributed by atoms with Gasteiger partial charge in [-0.1, -0.05) is 13.8 Å². The van der Waals surface area contributed by atoms with Gasteiger partial charge in [-0.15, -0.1) is 10.2 Å². The zero-order chi connectivity index (χ0) is 20.6. The number of nitrogens with zero attached hydrogens (tertiary/aromatic N) is 3. The van der Waals surface area contributed by atoms with E-state index in [1.165, 1.54) is 0 Å². The average Bonchev–Trinajstić information content (AvgIpc) is 2.62. The van der Waals surface area contributed by atoms with Crippen LogP contribution in [0, 0.1) is 0 Å². The largest absolute Gasteiger partial charge is 0.435 e. The zero-order valence-corrected chi connectivity index (χ0v) is 17.8. The number of anilines is 1. The lowest BCUT2D eigenvalue weighted by molar-refractivity contribution is 0.446. The quantitative estimate of drug-likeness (QED) is 0.483. The predicted octanol–water partition coefficient (Wildman–Crippen LogP) is 2.03. The third-order valence-electron chi connectivity index (χ3n) is 3.72. The molecule has 0 aliphatic carbocycles. The molecule has 10 nitrogen and oxygen atoms in total. The van der Waals surface area contributed by atoms with Gasteiger partial charge < -0.3 is 10.5 Å². The number of nitrogens with two attached hydrogens (primary N) is 1. The van der Waals surface area contributed by atoms with Crippen molar-refractivity contribution < 1.29 is 4.74 Å². The molecule has 0 saturated heterocycles. The molecule has 0 bridgehead atoms. The molecule has 0 saturated carbocycles. The van der Waals surface area contributed by atoms with E-state index in [1.54, 1.807) is 18.2 Å². The summed E-state index contributed by atoms with van der Waals surface area (Å²) in [4.78, 5) is 37.3. The highest BCUT2D eigenvalue weighted by molar-refractivity contribution is 9.11. The first-order chi connectivity index (χ1) is 13.2. The number of nitrogens with one attached hydrogen (secondary N) is 2. The summed E-state index contributed by atoms with van der Waals surface area (Å²) in [5, 5.41) is 10.1. The maximum Gasteiger partial charge on any atom is 0.349 e. The van der Waals surface area contributed by atoms with Crippen LogP contribution in [0.4, 0.5) is 5.82 Å². The van der Waals surface area contributed by atoms with Crippen molar-refractivity contribution in [2.24, 2.45) is 0 Å². The minimum absolute atomic E-state index is 0.00741. The average molecular weight is 514 g/mol. The number of nitrogen functional groups attached to an aromatic ring is 1. The van der Waals surface area contributed by atoms with Crippen molar-refractivity contribution in [2.75, 3.05) is 5.73 Å². The molecule has 2 aromatic heterocycles.